The lowest BCUT2D eigenvalue weighted by molar-refractivity contribution is -0.118. The van der Waals surface area contributed by atoms with Gasteiger partial charge in [-0.1, -0.05) is 23.8 Å². The molecule has 1 aromatic heterocycles. The van der Waals surface area contributed by atoms with E-state index in [0.29, 0.717) is 11.7 Å². The summed E-state index contributed by atoms with van der Waals surface area (Å²) >= 11 is 1.41. The summed E-state index contributed by atoms with van der Waals surface area (Å²) in [6.45, 7) is 4.44. The number of ether oxygens (including phenoxy) is 1. The first-order valence-electron chi connectivity index (χ1n) is 7.09. The normalized spacial score (nSPS) is 11.7. The minimum Gasteiger partial charge on any atom is -0.380 e. The average molecular weight is 356 g/mol. The maximum absolute atomic E-state index is 11.9. The molecule has 0 bridgehead atoms. The molecular weight excluding hydrogens is 334 g/mol. The monoisotopic (exact) mass is 355 g/mol. The van der Waals surface area contributed by atoms with Crippen molar-refractivity contribution in [1.29, 1.82) is 0 Å². The van der Waals surface area contributed by atoms with Crippen LogP contribution in [0.4, 0.5) is 5.13 Å². The number of rotatable bonds is 6. The Balaban J connectivity index is 0.00000264. The second-order valence-electron chi connectivity index (χ2n) is 5.20. The van der Waals surface area contributed by atoms with Gasteiger partial charge in [-0.05, 0) is 19.4 Å². The SMILES string of the molecule is COC(CN)CC(=O)Nc1nc(-c2ccc(C)cc2C)cs1.Cl. The molecule has 0 radical (unpaired) electrons. The first-order valence-corrected chi connectivity index (χ1v) is 7.97. The maximum atomic E-state index is 11.9. The summed E-state index contributed by atoms with van der Waals surface area (Å²) in [7, 11) is 1.55. The summed E-state index contributed by atoms with van der Waals surface area (Å²) in [5, 5.41) is 5.33. The van der Waals surface area contributed by atoms with Crippen LogP contribution >= 0.6 is 23.7 Å². The molecule has 0 aliphatic carbocycles. The Bertz CT molecular complexity index is 657. The number of aryl methyl sites for hydroxylation is 2. The van der Waals surface area contributed by atoms with Gasteiger partial charge < -0.3 is 15.8 Å². The largest absolute Gasteiger partial charge is 0.380 e. The van der Waals surface area contributed by atoms with Crippen LogP contribution in [-0.4, -0.2) is 30.6 Å². The van der Waals surface area contributed by atoms with Crippen LogP contribution in [0.3, 0.4) is 0 Å². The van der Waals surface area contributed by atoms with Gasteiger partial charge in [0, 0.05) is 24.6 Å². The third kappa shape index (κ3) is 5.28. The zero-order chi connectivity index (χ0) is 16.1. The average Bonchev–Trinajstić information content (AvgIpc) is 2.92. The Labute approximate surface area is 146 Å². The van der Waals surface area contributed by atoms with Gasteiger partial charge >= 0.3 is 0 Å². The zero-order valence-corrected chi connectivity index (χ0v) is 15.1. The van der Waals surface area contributed by atoms with Crippen LogP contribution in [0.1, 0.15) is 17.5 Å². The lowest BCUT2D eigenvalue weighted by Gasteiger charge is -2.11. The van der Waals surface area contributed by atoms with E-state index in [9.17, 15) is 4.79 Å². The highest BCUT2D eigenvalue weighted by atomic mass is 35.5. The van der Waals surface area contributed by atoms with E-state index in [1.165, 1.54) is 22.5 Å². The number of anilines is 1. The minimum atomic E-state index is -0.265. The predicted molar refractivity (Wildman–Crippen MR) is 97.4 cm³/mol. The van der Waals surface area contributed by atoms with Crippen LogP contribution < -0.4 is 11.1 Å². The first-order chi connectivity index (χ1) is 10.5. The summed E-state index contributed by atoms with van der Waals surface area (Å²) in [5.74, 6) is -0.140. The summed E-state index contributed by atoms with van der Waals surface area (Å²) < 4.78 is 5.11. The van der Waals surface area contributed by atoms with E-state index in [2.05, 4.69) is 42.3 Å². The van der Waals surface area contributed by atoms with Gasteiger partial charge in [0.1, 0.15) is 0 Å². The van der Waals surface area contributed by atoms with E-state index in [1.807, 2.05) is 5.38 Å². The summed E-state index contributed by atoms with van der Waals surface area (Å²) in [6, 6.07) is 6.24. The number of halogens is 1. The topological polar surface area (TPSA) is 77.2 Å². The highest BCUT2D eigenvalue weighted by Crippen LogP contribution is 2.28. The molecule has 1 aromatic carbocycles. The van der Waals surface area contributed by atoms with Crippen molar-refractivity contribution in [1.82, 2.24) is 4.98 Å². The van der Waals surface area contributed by atoms with E-state index in [0.717, 1.165) is 11.3 Å². The fourth-order valence-electron chi connectivity index (χ4n) is 2.20. The molecule has 0 spiro atoms. The lowest BCUT2D eigenvalue weighted by atomic mass is 10.0. The molecule has 0 fully saturated rings. The Hall–Kier alpha value is -1.47. The Morgan fingerprint density at radius 1 is 1.43 bits per heavy atom. The third-order valence-electron chi connectivity index (χ3n) is 3.42. The van der Waals surface area contributed by atoms with Crippen molar-refractivity contribution in [2.45, 2.75) is 26.4 Å². The second kappa shape index (κ2) is 8.98. The van der Waals surface area contributed by atoms with Crippen LogP contribution in [0, 0.1) is 13.8 Å². The van der Waals surface area contributed by atoms with E-state index in [-0.39, 0.29) is 30.8 Å². The van der Waals surface area contributed by atoms with Gasteiger partial charge in [-0.25, -0.2) is 4.98 Å². The number of hydrogen-bond donors (Lipinski definition) is 2. The number of amides is 1. The van der Waals surface area contributed by atoms with Crippen molar-refractivity contribution in [3.8, 4) is 11.3 Å². The highest BCUT2D eigenvalue weighted by molar-refractivity contribution is 7.14. The van der Waals surface area contributed by atoms with E-state index in [1.54, 1.807) is 7.11 Å². The molecule has 0 saturated heterocycles. The van der Waals surface area contributed by atoms with Gasteiger partial charge in [-0.3, -0.25) is 4.79 Å². The highest BCUT2D eigenvalue weighted by Gasteiger charge is 2.14. The number of thiazole rings is 1. The second-order valence-corrected chi connectivity index (χ2v) is 6.06. The van der Waals surface area contributed by atoms with Crippen molar-refractivity contribution in [3.63, 3.8) is 0 Å². The van der Waals surface area contributed by atoms with Gasteiger partial charge in [0.25, 0.3) is 0 Å². The molecule has 1 atom stereocenters. The van der Waals surface area contributed by atoms with Crippen molar-refractivity contribution in [2.24, 2.45) is 5.73 Å². The van der Waals surface area contributed by atoms with Gasteiger partial charge in [0.05, 0.1) is 18.2 Å². The number of carbonyl (C=O) groups excluding carboxylic acids is 1. The fourth-order valence-corrected chi connectivity index (χ4v) is 2.92. The fraction of sp³-hybridized carbons (Fsp3) is 0.375. The predicted octanol–water partition coefficient (Wildman–Crippen LogP) is 3.15. The van der Waals surface area contributed by atoms with Gasteiger partial charge in [-0.15, -0.1) is 23.7 Å². The van der Waals surface area contributed by atoms with Crippen LogP contribution in [0.2, 0.25) is 0 Å². The molecule has 0 aliphatic rings. The molecule has 1 heterocycles. The van der Waals surface area contributed by atoms with Gasteiger partial charge in [-0.2, -0.15) is 0 Å². The zero-order valence-electron chi connectivity index (χ0n) is 13.5. The molecular formula is C16H22ClN3O2S. The van der Waals surface area contributed by atoms with E-state index >= 15 is 0 Å². The van der Waals surface area contributed by atoms with Gasteiger partial charge in [0.15, 0.2) is 5.13 Å². The molecule has 2 aromatic rings. The van der Waals surface area contributed by atoms with Crippen molar-refractivity contribution < 1.29 is 9.53 Å². The molecule has 1 unspecified atom stereocenters. The van der Waals surface area contributed by atoms with E-state index in [4.69, 9.17) is 10.5 Å². The quantitative estimate of drug-likeness (QED) is 0.834. The number of carbonyl (C=O) groups is 1. The van der Waals surface area contributed by atoms with Crippen molar-refractivity contribution in [3.05, 3.63) is 34.7 Å². The van der Waals surface area contributed by atoms with Crippen LogP contribution in [0.25, 0.3) is 11.3 Å². The molecule has 23 heavy (non-hydrogen) atoms. The van der Waals surface area contributed by atoms with Crippen LogP contribution in [0.5, 0.6) is 0 Å². The summed E-state index contributed by atoms with van der Waals surface area (Å²) in [5.41, 5.74) is 9.87. The number of nitrogens with one attached hydrogen (secondary N) is 1. The number of nitrogens with zero attached hydrogens (tertiary/aromatic N) is 1. The minimum absolute atomic E-state index is 0. The molecule has 7 heteroatoms. The lowest BCUT2D eigenvalue weighted by Crippen LogP contribution is -2.28. The summed E-state index contributed by atoms with van der Waals surface area (Å²) in [6.07, 6.45) is -0.0374. The molecule has 126 valence electrons. The van der Waals surface area contributed by atoms with Crippen molar-refractivity contribution >= 4 is 34.8 Å². The first kappa shape index (κ1) is 19.6. The molecule has 1 amide bonds. The number of aromatic nitrogens is 1. The standard InChI is InChI=1S/C16H21N3O2S.ClH/c1-10-4-5-13(11(2)6-10)14-9-22-16(18-14)19-15(20)7-12(8-17)21-3;/h4-6,9,12H,7-8,17H2,1-3H3,(H,18,19,20);1H. The molecule has 0 saturated carbocycles. The molecule has 2 rings (SSSR count). The Kier molecular flexibility index (Phi) is 7.64. The number of nitrogens with two attached hydrogens (primary N) is 1. The third-order valence-corrected chi connectivity index (χ3v) is 4.18. The van der Waals surface area contributed by atoms with Crippen LogP contribution in [-0.2, 0) is 9.53 Å². The smallest absolute Gasteiger partial charge is 0.228 e. The summed E-state index contributed by atoms with van der Waals surface area (Å²) in [4.78, 5) is 16.4. The number of benzene rings is 1. The molecule has 3 N–H and O–H groups in total. The van der Waals surface area contributed by atoms with E-state index < -0.39 is 0 Å². The Morgan fingerprint density at radius 3 is 2.78 bits per heavy atom. The molecule has 0 aliphatic heterocycles. The Morgan fingerprint density at radius 2 is 2.17 bits per heavy atom. The number of hydrogen-bond acceptors (Lipinski definition) is 5. The molecule has 5 nitrogen and oxygen atoms in total. The number of methoxy groups -OCH3 is 1. The maximum Gasteiger partial charge on any atom is 0.228 e. The van der Waals surface area contributed by atoms with Crippen molar-refractivity contribution in [2.75, 3.05) is 19.0 Å². The van der Waals surface area contributed by atoms with Gasteiger partial charge in [0.2, 0.25) is 5.91 Å². The van der Waals surface area contributed by atoms with Crippen LogP contribution in [0.15, 0.2) is 23.6 Å².